The Labute approximate surface area is 164 Å². The molecule has 28 heavy (non-hydrogen) atoms. The van der Waals surface area contributed by atoms with Crippen LogP contribution in [0.2, 0.25) is 0 Å². The third kappa shape index (κ3) is 3.68. The van der Waals surface area contributed by atoms with E-state index in [-0.39, 0.29) is 42.3 Å². The minimum Gasteiger partial charge on any atom is -0.497 e. The number of nitrogens with one attached hydrogen (secondary N) is 2. The molecule has 1 aliphatic heterocycles. The number of Topliss-reactive ketones (excluding diaryl/α,β-unsaturated/α-hetero) is 2. The van der Waals surface area contributed by atoms with Crippen LogP contribution in [0.25, 0.3) is 0 Å². The minimum absolute atomic E-state index is 0.0231. The molecule has 2 aliphatic rings. The molecule has 1 heterocycles. The molecule has 0 aromatic heterocycles. The van der Waals surface area contributed by atoms with E-state index in [2.05, 4.69) is 5.32 Å². The molecule has 1 aliphatic carbocycles. The van der Waals surface area contributed by atoms with Crippen LogP contribution in [0.3, 0.4) is 0 Å². The van der Waals surface area contributed by atoms with Crippen LogP contribution in [0.15, 0.2) is 29.2 Å². The number of rotatable bonds is 4. The van der Waals surface area contributed by atoms with E-state index in [1.165, 1.54) is 31.4 Å². The summed E-state index contributed by atoms with van der Waals surface area (Å²) in [5.74, 6) is -0.663. The first-order chi connectivity index (χ1) is 13.0. The molecule has 1 spiro atoms. The number of hydrogen-bond acceptors (Lipinski definition) is 7. The minimum atomic E-state index is -4.07. The van der Waals surface area contributed by atoms with Crippen LogP contribution in [0.5, 0.6) is 5.75 Å². The lowest BCUT2D eigenvalue weighted by Gasteiger charge is -2.38. The topological polar surface area (TPSA) is 119 Å². The van der Waals surface area contributed by atoms with Crippen molar-refractivity contribution in [3.8, 4) is 5.75 Å². The highest BCUT2D eigenvalue weighted by atomic mass is 32.2. The molecular formula is C19H24N2O6S. The first kappa shape index (κ1) is 20.5. The van der Waals surface area contributed by atoms with Crippen molar-refractivity contribution in [1.82, 2.24) is 10.0 Å². The number of sulfonamides is 1. The predicted octanol–water partition coefficient (Wildman–Crippen LogP) is 0.807. The first-order valence-corrected chi connectivity index (χ1v) is 10.5. The van der Waals surface area contributed by atoms with Gasteiger partial charge >= 0.3 is 0 Å². The summed E-state index contributed by atoms with van der Waals surface area (Å²) < 4.78 is 31.9. The second-order valence-electron chi connectivity index (χ2n) is 8.23. The highest BCUT2D eigenvalue weighted by Crippen LogP contribution is 2.44. The van der Waals surface area contributed by atoms with E-state index < -0.39 is 32.8 Å². The summed E-state index contributed by atoms with van der Waals surface area (Å²) in [6, 6.07) is 4.68. The maximum atomic E-state index is 12.7. The summed E-state index contributed by atoms with van der Waals surface area (Å²) in [6.07, 6.45) is 0.503. The number of ether oxygens (including phenoxy) is 1. The highest BCUT2D eigenvalue weighted by molar-refractivity contribution is 7.90. The summed E-state index contributed by atoms with van der Waals surface area (Å²) in [5, 5.41) is 2.86. The zero-order valence-corrected chi connectivity index (χ0v) is 16.9. The Bertz CT molecular complexity index is 900. The van der Waals surface area contributed by atoms with Crippen molar-refractivity contribution in [3.63, 3.8) is 0 Å². The van der Waals surface area contributed by atoms with Crippen molar-refractivity contribution < 1.29 is 27.5 Å². The van der Waals surface area contributed by atoms with Crippen LogP contribution >= 0.6 is 0 Å². The smallest absolute Gasteiger partial charge is 0.264 e. The highest BCUT2D eigenvalue weighted by Gasteiger charge is 2.56. The van der Waals surface area contributed by atoms with E-state index in [0.29, 0.717) is 5.75 Å². The van der Waals surface area contributed by atoms with Crippen LogP contribution < -0.4 is 14.8 Å². The van der Waals surface area contributed by atoms with Gasteiger partial charge in [-0.2, -0.15) is 0 Å². The molecule has 0 bridgehead atoms. The van der Waals surface area contributed by atoms with Crippen LogP contribution in [-0.2, 0) is 24.4 Å². The van der Waals surface area contributed by atoms with E-state index in [9.17, 15) is 22.8 Å². The van der Waals surface area contributed by atoms with Crippen LogP contribution in [0, 0.1) is 10.8 Å². The predicted molar refractivity (Wildman–Crippen MR) is 100 cm³/mol. The molecule has 1 saturated carbocycles. The second kappa shape index (κ2) is 6.97. The van der Waals surface area contributed by atoms with Gasteiger partial charge in [0.1, 0.15) is 22.7 Å². The number of carbonyl (C=O) groups excluding carboxylic acids is 3. The van der Waals surface area contributed by atoms with Crippen LogP contribution in [-0.4, -0.2) is 45.6 Å². The van der Waals surface area contributed by atoms with E-state index in [1.807, 2.05) is 18.6 Å². The molecule has 9 heteroatoms. The summed E-state index contributed by atoms with van der Waals surface area (Å²) >= 11 is 0. The van der Waals surface area contributed by atoms with Crippen molar-refractivity contribution in [3.05, 3.63) is 24.3 Å². The Morgan fingerprint density at radius 1 is 1.14 bits per heavy atom. The number of methoxy groups -OCH3 is 1. The van der Waals surface area contributed by atoms with Gasteiger partial charge < -0.3 is 10.1 Å². The van der Waals surface area contributed by atoms with Gasteiger partial charge in [-0.1, -0.05) is 13.8 Å². The number of ketones is 2. The quantitative estimate of drug-likeness (QED) is 0.708. The van der Waals surface area contributed by atoms with E-state index in [0.717, 1.165) is 0 Å². The molecule has 3 rings (SSSR count). The van der Waals surface area contributed by atoms with Gasteiger partial charge in [0.15, 0.2) is 0 Å². The Morgan fingerprint density at radius 3 is 2.25 bits per heavy atom. The molecular weight excluding hydrogens is 384 g/mol. The average Bonchev–Trinajstić information content (AvgIpc) is 3.06. The Hall–Kier alpha value is -2.26. The molecule has 152 valence electrons. The fourth-order valence-corrected chi connectivity index (χ4v) is 4.86. The fourth-order valence-electron chi connectivity index (χ4n) is 3.84. The monoisotopic (exact) mass is 408 g/mol. The van der Waals surface area contributed by atoms with Gasteiger partial charge in [0.2, 0.25) is 0 Å². The summed E-state index contributed by atoms with van der Waals surface area (Å²) in [6.45, 7) is 3.79. The van der Waals surface area contributed by atoms with Gasteiger partial charge in [0.05, 0.1) is 18.0 Å². The molecule has 1 saturated heterocycles. The lowest BCUT2D eigenvalue weighted by atomic mass is 9.62. The van der Waals surface area contributed by atoms with Gasteiger partial charge in [-0.3, -0.25) is 14.4 Å². The lowest BCUT2D eigenvalue weighted by molar-refractivity contribution is -0.147. The van der Waals surface area contributed by atoms with Crippen LogP contribution in [0.4, 0.5) is 0 Å². The molecule has 8 nitrogen and oxygen atoms in total. The lowest BCUT2D eigenvalue weighted by Crippen LogP contribution is -2.49. The summed E-state index contributed by atoms with van der Waals surface area (Å²) in [5.41, 5.74) is -1.63. The van der Waals surface area contributed by atoms with E-state index in [1.54, 1.807) is 0 Å². The van der Waals surface area contributed by atoms with Gasteiger partial charge in [0, 0.05) is 19.4 Å². The standard InChI is InChI=1S/C19H24N2O6S/c1-18(2)9-15(22)19(16(23)10-18)8-14(20-11-19)17(24)21-28(25,26)13-6-4-12(27-3)5-7-13/h4-7,14,20H,8-11H2,1-3H3,(H,21,24)/t14-/m1/s1. The fraction of sp³-hybridized carbons (Fsp3) is 0.526. The molecule has 1 aromatic carbocycles. The van der Waals surface area contributed by atoms with Crippen molar-refractivity contribution in [2.45, 2.75) is 44.0 Å². The number of carbonyl (C=O) groups is 3. The van der Waals surface area contributed by atoms with Crippen molar-refractivity contribution >= 4 is 27.5 Å². The maximum Gasteiger partial charge on any atom is 0.264 e. The average molecular weight is 408 g/mol. The van der Waals surface area contributed by atoms with E-state index >= 15 is 0 Å². The van der Waals surface area contributed by atoms with Crippen LogP contribution in [0.1, 0.15) is 33.1 Å². The van der Waals surface area contributed by atoms with Crippen molar-refractivity contribution in [2.75, 3.05) is 13.7 Å². The SMILES string of the molecule is COc1ccc(S(=O)(=O)NC(=O)[C@H]2CC3(CN2)C(=O)CC(C)(C)CC3=O)cc1. The normalized spacial score (nSPS) is 23.6. The molecule has 0 radical (unpaired) electrons. The third-order valence-electron chi connectivity index (χ3n) is 5.47. The zero-order valence-electron chi connectivity index (χ0n) is 16.1. The van der Waals surface area contributed by atoms with Gasteiger partial charge in [-0.05, 0) is 36.1 Å². The van der Waals surface area contributed by atoms with Crippen molar-refractivity contribution in [1.29, 1.82) is 0 Å². The first-order valence-electron chi connectivity index (χ1n) is 9.00. The molecule has 2 N–H and O–H groups in total. The summed E-state index contributed by atoms with van der Waals surface area (Å²) in [4.78, 5) is 37.8. The van der Waals surface area contributed by atoms with Gasteiger partial charge in [-0.15, -0.1) is 0 Å². The largest absolute Gasteiger partial charge is 0.497 e. The molecule has 1 atom stereocenters. The van der Waals surface area contributed by atoms with E-state index in [4.69, 9.17) is 4.74 Å². The molecule has 1 aromatic rings. The van der Waals surface area contributed by atoms with Gasteiger partial charge in [0.25, 0.3) is 15.9 Å². The maximum absolute atomic E-state index is 12.7. The third-order valence-corrected chi connectivity index (χ3v) is 6.83. The number of amides is 1. The van der Waals surface area contributed by atoms with Gasteiger partial charge in [-0.25, -0.2) is 13.1 Å². The number of benzene rings is 1. The zero-order chi connectivity index (χ0) is 20.7. The number of hydrogen-bond donors (Lipinski definition) is 2. The van der Waals surface area contributed by atoms with Crippen molar-refractivity contribution in [2.24, 2.45) is 10.8 Å². The Kier molecular flexibility index (Phi) is 5.09. The summed E-state index contributed by atoms with van der Waals surface area (Å²) in [7, 11) is -2.61. The molecule has 2 fully saturated rings. The second-order valence-corrected chi connectivity index (χ2v) is 9.91. The Morgan fingerprint density at radius 2 is 1.71 bits per heavy atom. The Balaban J connectivity index is 1.72. The molecule has 1 amide bonds. The molecule has 0 unspecified atom stereocenters.